The molecule has 2 aromatic rings. The average molecular weight is 368 g/mol. The third kappa shape index (κ3) is 2.96. The summed E-state index contributed by atoms with van der Waals surface area (Å²) in [5.41, 5.74) is 0.462. The van der Waals surface area contributed by atoms with E-state index in [1.165, 1.54) is 6.92 Å². The molecule has 138 valence electrons. The summed E-state index contributed by atoms with van der Waals surface area (Å²) < 4.78 is 34.0. The molecule has 1 aromatic carbocycles. The van der Waals surface area contributed by atoms with Crippen LogP contribution in [-0.2, 0) is 0 Å². The van der Waals surface area contributed by atoms with Crippen molar-refractivity contribution in [1.29, 1.82) is 0 Å². The van der Waals surface area contributed by atoms with E-state index in [-0.39, 0.29) is 17.9 Å². The number of nitrogens with one attached hydrogen (secondary N) is 1. The van der Waals surface area contributed by atoms with Crippen molar-refractivity contribution in [3.63, 3.8) is 0 Å². The van der Waals surface area contributed by atoms with Gasteiger partial charge >= 0.3 is 11.9 Å². The third-order valence-electron chi connectivity index (χ3n) is 3.64. The Morgan fingerprint density at radius 2 is 1.77 bits per heavy atom. The van der Waals surface area contributed by atoms with E-state index in [1.807, 2.05) is 4.98 Å². The van der Waals surface area contributed by atoms with Crippen molar-refractivity contribution in [2.24, 2.45) is 0 Å². The Morgan fingerprint density at radius 3 is 2.27 bits per heavy atom. The zero-order valence-corrected chi connectivity index (χ0v) is 13.6. The molecule has 0 fully saturated rings. The van der Waals surface area contributed by atoms with Crippen LogP contribution in [0, 0.1) is 18.6 Å². The highest BCUT2D eigenvalue weighted by molar-refractivity contribution is 6.07. The number of hydrogen-bond donors (Lipinski definition) is 4. The number of aromatic nitrogens is 1. The molecule has 1 aromatic heterocycles. The Balaban J connectivity index is 3.07. The first kappa shape index (κ1) is 18.9. The number of carboxylic acids is 2. The van der Waals surface area contributed by atoms with Crippen LogP contribution in [0.5, 0.6) is 5.75 Å². The normalized spacial score (nSPS) is 10.6. The van der Waals surface area contributed by atoms with Crippen LogP contribution in [0.4, 0.5) is 14.6 Å². The molecule has 0 unspecified atom stereocenters. The van der Waals surface area contributed by atoms with Gasteiger partial charge in [0.2, 0.25) is 0 Å². The van der Waals surface area contributed by atoms with Crippen molar-refractivity contribution < 1.29 is 33.3 Å². The second-order valence-corrected chi connectivity index (χ2v) is 5.21. The molecule has 0 radical (unpaired) electrons. The molecule has 0 saturated heterocycles. The van der Waals surface area contributed by atoms with Gasteiger partial charge in [0.15, 0.2) is 11.6 Å². The van der Waals surface area contributed by atoms with Crippen LogP contribution < -0.4 is 16.0 Å². The zero-order valence-electron chi connectivity index (χ0n) is 13.6. The summed E-state index contributed by atoms with van der Waals surface area (Å²) in [5, 5.41) is 18.6. The van der Waals surface area contributed by atoms with Crippen molar-refractivity contribution in [3.8, 4) is 16.9 Å². The maximum Gasteiger partial charge on any atom is 0.342 e. The van der Waals surface area contributed by atoms with Crippen LogP contribution in [0.3, 0.4) is 0 Å². The fourth-order valence-corrected chi connectivity index (χ4v) is 2.50. The minimum atomic E-state index is -1.83. The number of anilines is 1. The van der Waals surface area contributed by atoms with Crippen molar-refractivity contribution >= 4 is 17.8 Å². The number of ether oxygens (including phenoxy) is 1. The van der Waals surface area contributed by atoms with Gasteiger partial charge in [0.25, 0.3) is 5.56 Å². The topological polar surface area (TPSA) is 143 Å². The molecule has 5 N–H and O–H groups in total. The third-order valence-corrected chi connectivity index (χ3v) is 3.64. The van der Waals surface area contributed by atoms with Gasteiger partial charge in [0.1, 0.15) is 22.7 Å². The highest BCUT2D eigenvalue weighted by atomic mass is 19.2. The van der Waals surface area contributed by atoms with E-state index in [2.05, 4.69) is 0 Å². The monoisotopic (exact) mass is 368 g/mol. The predicted molar refractivity (Wildman–Crippen MR) is 86.7 cm³/mol. The SMILES string of the molecule is CCOc1cc(-c2c(C(=O)O)c(N)[nH]c(=O)c2C(=O)O)c(F)c(F)c1C. The average Bonchev–Trinajstić information content (AvgIpc) is 2.54. The molecule has 8 nitrogen and oxygen atoms in total. The molecule has 1 heterocycles. The second kappa shape index (κ2) is 6.82. The van der Waals surface area contributed by atoms with Gasteiger partial charge in [-0.3, -0.25) is 4.79 Å². The Hall–Kier alpha value is -3.43. The maximum absolute atomic E-state index is 14.5. The van der Waals surface area contributed by atoms with E-state index in [1.54, 1.807) is 6.92 Å². The van der Waals surface area contributed by atoms with Crippen LogP contribution in [-0.4, -0.2) is 33.7 Å². The molecule has 2 rings (SSSR count). The zero-order chi connectivity index (χ0) is 19.8. The van der Waals surface area contributed by atoms with Gasteiger partial charge in [-0.15, -0.1) is 0 Å². The number of pyridine rings is 1. The lowest BCUT2D eigenvalue weighted by Gasteiger charge is -2.16. The summed E-state index contributed by atoms with van der Waals surface area (Å²) in [5.74, 6) is -7.27. The first-order chi connectivity index (χ1) is 12.1. The molecular formula is C16H14F2N2O6. The highest BCUT2D eigenvalue weighted by Crippen LogP contribution is 2.36. The number of aromatic amines is 1. The standard InChI is InChI=1S/C16H14F2N2O6/c1-3-26-7-4-6(12(18)11(17)5(7)2)8-9(15(22)23)13(19)20-14(21)10(8)16(24)25/h4H,3H2,1-2H3,(H,22,23)(H,24,25)(H3,19,20,21). The predicted octanol–water partition coefficient (Wildman–Crippen LogP) is 2.01. The summed E-state index contributed by atoms with van der Waals surface area (Å²) >= 11 is 0. The number of halogens is 2. The fraction of sp³-hybridized carbons (Fsp3) is 0.188. The van der Waals surface area contributed by atoms with Crippen LogP contribution in [0.1, 0.15) is 33.2 Å². The Kier molecular flexibility index (Phi) is 4.96. The maximum atomic E-state index is 14.5. The van der Waals surface area contributed by atoms with Gasteiger partial charge in [0.05, 0.1) is 6.61 Å². The van der Waals surface area contributed by atoms with E-state index < -0.39 is 57.2 Å². The Labute approximate surface area is 144 Å². The minimum absolute atomic E-state index is 0.0838. The molecule has 0 aliphatic rings. The van der Waals surface area contributed by atoms with E-state index in [0.717, 1.165) is 6.07 Å². The molecule has 0 aliphatic carbocycles. The quantitative estimate of drug-likeness (QED) is 0.632. The fourth-order valence-electron chi connectivity index (χ4n) is 2.50. The van der Waals surface area contributed by atoms with Crippen LogP contribution in [0.15, 0.2) is 10.9 Å². The molecule has 10 heteroatoms. The number of carbonyl (C=O) groups is 2. The van der Waals surface area contributed by atoms with Crippen LogP contribution >= 0.6 is 0 Å². The molecule has 0 atom stereocenters. The number of H-pyrrole nitrogens is 1. The number of nitrogens with two attached hydrogens (primary N) is 1. The van der Waals surface area contributed by atoms with E-state index in [9.17, 15) is 33.4 Å². The summed E-state index contributed by atoms with van der Waals surface area (Å²) in [6, 6.07) is 0.935. The smallest absolute Gasteiger partial charge is 0.342 e. The second-order valence-electron chi connectivity index (χ2n) is 5.21. The van der Waals surface area contributed by atoms with Gasteiger partial charge in [-0.25, -0.2) is 18.4 Å². The van der Waals surface area contributed by atoms with E-state index >= 15 is 0 Å². The summed E-state index contributed by atoms with van der Waals surface area (Å²) in [7, 11) is 0. The Morgan fingerprint density at radius 1 is 1.19 bits per heavy atom. The number of rotatable bonds is 5. The molecule has 0 aliphatic heterocycles. The van der Waals surface area contributed by atoms with Crippen molar-refractivity contribution in [2.45, 2.75) is 13.8 Å². The highest BCUT2D eigenvalue weighted by Gasteiger charge is 2.30. The van der Waals surface area contributed by atoms with Gasteiger partial charge in [-0.2, -0.15) is 0 Å². The van der Waals surface area contributed by atoms with Gasteiger partial charge in [-0.05, 0) is 19.9 Å². The molecule has 0 saturated carbocycles. The molecule has 26 heavy (non-hydrogen) atoms. The van der Waals surface area contributed by atoms with E-state index in [4.69, 9.17) is 10.5 Å². The lowest BCUT2D eigenvalue weighted by atomic mass is 9.93. The van der Waals surface area contributed by atoms with Crippen LogP contribution in [0.2, 0.25) is 0 Å². The molecule has 0 bridgehead atoms. The minimum Gasteiger partial charge on any atom is -0.493 e. The van der Waals surface area contributed by atoms with Crippen molar-refractivity contribution in [1.82, 2.24) is 4.98 Å². The number of nitrogen functional groups attached to an aromatic ring is 1. The van der Waals surface area contributed by atoms with Crippen LogP contribution in [0.25, 0.3) is 11.1 Å². The summed E-state index contributed by atoms with van der Waals surface area (Å²) in [6.07, 6.45) is 0. The Bertz CT molecular complexity index is 984. The molecule has 0 amide bonds. The number of carboxylic acid groups (broad SMARTS) is 2. The van der Waals surface area contributed by atoms with Gasteiger partial charge < -0.3 is 25.7 Å². The lowest BCUT2D eigenvalue weighted by molar-refractivity contribution is 0.0695. The first-order valence-electron chi connectivity index (χ1n) is 7.25. The number of hydrogen-bond acceptors (Lipinski definition) is 5. The number of benzene rings is 1. The lowest BCUT2D eigenvalue weighted by Crippen LogP contribution is -2.24. The molecular weight excluding hydrogens is 354 g/mol. The first-order valence-corrected chi connectivity index (χ1v) is 7.25. The van der Waals surface area contributed by atoms with Crippen molar-refractivity contribution in [3.05, 3.63) is 44.7 Å². The van der Waals surface area contributed by atoms with E-state index in [0.29, 0.717) is 0 Å². The summed E-state index contributed by atoms with van der Waals surface area (Å²) in [6.45, 7) is 2.90. The largest absolute Gasteiger partial charge is 0.493 e. The van der Waals surface area contributed by atoms with Crippen molar-refractivity contribution in [2.75, 3.05) is 12.3 Å². The van der Waals surface area contributed by atoms with Gasteiger partial charge in [0, 0.05) is 16.7 Å². The number of aromatic carboxylic acids is 2. The van der Waals surface area contributed by atoms with Gasteiger partial charge in [-0.1, -0.05) is 0 Å². The molecule has 0 spiro atoms. The summed E-state index contributed by atoms with van der Waals surface area (Å²) in [4.78, 5) is 36.9.